The topological polar surface area (TPSA) is 67.6 Å². The number of methoxy groups -OCH3 is 1. The minimum Gasteiger partial charge on any atom is -0.496 e. The van der Waals surface area contributed by atoms with Crippen LogP contribution in [-0.4, -0.2) is 45.5 Å². The van der Waals surface area contributed by atoms with E-state index < -0.39 is 6.10 Å². The van der Waals surface area contributed by atoms with Gasteiger partial charge in [-0.05, 0) is 62.3 Å². The van der Waals surface area contributed by atoms with Crippen molar-refractivity contribution >= 4 is 5.91 Å². The van der Waals surface area contributed by atoms with Gasteiger partial charge in [0.25, 0.3) is 0 Å². The molecule has 1 aliphatic carbocycles. The number of ether oxygens (including phenoxy) is 1. The van der Waals surface area contributed by atoms with Crippen LogP contribution in [0.25, 0.3) is 0 Å². The Morgan fingerprint density at radius 3 is 2.86 bits per heavy atom. The molecule has 0 unspecified atom stereocenters. The van der Waals surface area contributed by atoms with Crippen LogP contribution in [0.1, 0.15) is 66.2 Å². The number of carbonyl (C=O) groups excluding carboxylic acids is 1. The molecule has 29 heavy (non-hydrogen) atoms. The summed E-state index contributed by atoms with van der Waals surface area (Å²) < 4.78 is 7.33. The lowest BCUT2D eigenvalue weighted by Gasteiger charge is -2.26. The molecule has 1 aromatic heterocycles. The van der Waals surface area contributed by atoms with Gasteiger partial charge in [0.1, 0.15) is 12.3 Å². The van der Waals surface area contributed by atoms with Gasteiger partial charge in [-0.3, -0.25) is 9.48 Å². The van der Waals surface area contributed by atoms with Crippen molar-refractivity contribution in [3.05, 3.63) is 46.3 Å². The fourth-order valence-electron chi connectivity index (χ4n) is 5.00. The van der Waals surface area contributed by atoms with Crippen LogP contribution in [0.3, 0.4) is 0 Å². The predicted molar refractivity (Wildman–Crippen MR) is 111 cm³/mol. The highest BCUT2D eigenvalue weighted by molar-refractivity contribution is 5.77. The molecule has 1 fully saturated rings. The third-order valence-corrected chi connectivity index (χ3v) is 6.68. The summed E-state index contributed by atoms with van der Waals surface area (Å²) in [5.74, 6) is 1.26. The number of hydrogen-bond acceptors (Lipinski definition) is 4. The van der Waals surface area contributed by atoms with Crippen LogP contribution >= 0.6 is 0 Å². The van der Waals surface area contributed by atoms with E-state index in [0.29, 0.717) is 18.9 Å². The summed E-state index contributed by atoms with van der Waals surface area (Å²) in [4.78, 5) is 15.1. The van der Waals surface area contributed by atoms with Gasteiger partial charge in [-0.25, -0.2) is 0 Å². The minimum absolute atomic E-state index is 0.00405. The molecular formula is C23H31N3O3. The Morgan fingerprint density at radius 1 is 1.34 bits per heavy atom. The quantitative estimate of drug-likeness (QED) is 0.860. The Bertz CT molecular complexity index is 920. The molecule has 0 saturated carbocycles. The van der Waals surface area contributed by atoms with Gasteiger partial charge in [0.05, 0.1) is 24.9 Å². The maximum atomic E-state index is 13.3. The lowest BCUT2D eigenvalue weighted by molar-refractivity contribution is -0.133. The summed E-state index contributed by atoms with van der Waals surface area (Å²) in [6.07, 6.45) is 3.43. The summed E-state index contributed by atoms with van der Waals surface area (Å²) in [5.41, 5.74) is 5.64. The first-order valence-electron chi connectivity index (χ1n) is 10.6. The molecule has 0 bridgehead atoms. The smallest absolute Gasteiger partial charge is 0.244 e. The number of β-amino-alcohol motifs (C(OH)–C–C–N with tert-alkyl or cyclic N) is 1. The molecule has 1 aliphatic heterocycles. The number of nitrogens with zero attached hydrogens (tertiary/aromatic N) is 3. The third kappa shape index (κ3) is 3.54. The number of hydrogen-bond donors (Lipinski definition) is 1. The standard InChI is InChI=1S/C23H31N3O3/c1-14-7-5-9-19-16(3)26(24-23(14)19)13-22(28)25-12-17(27)11-20(25)18-8-6-10-21(29-4)15(18)2/h6,8,10,14,17,20,27H,5,7,9,11-13H2,1-4H3/t14-,17-,20-/m0/s1. The zero-order chi connectivity index (χ0) is 20.7. The van der Waals surface area contributed by atoms with Gasteiger partial charge in [-0.2, -0.15) is 5.10 Å². The van der Waals surface area contributed by atoms with E-state index in [9.17, 15) is 9.90 Å². The van der Waals surface area contributed by atoms with Crippen molar-refractivity contribution in [1.82, 2.24) is 14.7 Å². The number of amides is 1. The Kier molecular flexibility index (Phi) is 5.38. The number of aromatic nitrogens is 2. The van der Waals surface area contributed by atoms with Crippen molar-refractivity contribution in [2.24, 2.45) is 0 Å². The molecule has 1 aromatic carbocycles. The van der Waals surface area contributed by atoms with E-state index in [-0.39, 0.29) is 18.5 Å². The van der Waals surface area contributed by atoms with Crippen molar-refractivity contribution in [2.75, 3.05) is 13.7 Å². The van der Waals surface area contributed by atoms with E-state index in [4.69, 9.17) is 9.84 Å². The molecule has 1 amide bonds. The molecule has 6 heteroatoms. The Hall–Kier alpha value is -2.34. The van der Waals surface area contributed by atoms with Crippen LogP contribution < -0.4 is 4.74 Å². The van der Waals surface area contributed by atoms with Gasteiger partial charge in [-0.15, -0.1) is 0 Å². The number of benzene rings is 1. The van der Waals surface area contributed by atoms with Crippen molar-refractivity contribution in [2.45, 2.75) is 71.1 Å². The molecule has 1 saturated heterocycles. The van der Waals surface area contributed by atoms with Gasteiger partial charge in [0.15, 0.2) is 0 Å². The molecule has 156 valence electrons. The van der Waals surface area contributed by atoms with Gasteiger partial charge < -0.3 is 14.7 Å². The summed E-state index contributed by atoms with van der Waals surface area (Å²) in [6.45, 7) is 6.87. The predicted octanol–water partition coefficient (Wildman–Crippen LogP) is 3.28. The van der Waals surface area contributed by atoms with Crippen LogP contribution in [0.2, 0.25) is 0 Å². The minimum atomic E-state index is -0.513. The highest BCUT2D eigenvalue weighted by Gasteiger charge is 2.37. The second kappa shape index (κ2) is 7.82. The van der Waals surface area contributed by atoms with E-state index in [2.05, 4.69) is 13.8 Å². The molecule has 3 atom stereocenters. The normalized spacial score (nSPS) is 23.9. The second-order valence-corrected chi connectivity index (χ2v) is 8.53. The first-order chi connectivity index (χ1) is 13.9. The molecule has 2 aliphatic rings. The molecule has 6 nitrogen and oxygen atoms in total. The van der Waals surface area contributed by atoms with Crippen LogP contribution in [0.5, 0.6) is 5.75 Å². The van der Waals surface area contributed by atoms with Crippen molar-refractivity contribution in [3.8, 4) is 5.75 Å². The fourth-order valence-corrected chi connectivity index (χ4v) is 5.00. The van der Waals surface area contributed by atoms with Crippen LogP contribution in [-0.2, 0) is 17.8 Å². The van der Waals surface area contributed by atoms with Crippen LogP contribution in [0.4, 0.5) is 0 Å². The first-order valence-corrected chi connectivity index (χ1v) is 10.6. The summed E-state index contributed by atoms with van der Waals surface area (Å²) >= 11 is 0. The summed E-state index contributed by atoms with van der Waals surface area (Å²) in [5, 5.41) is 15.1. The number of rotatable bonds is 4. The Balaban J connectivity index is 1.60. The highest BCUT2D eigenvalue weighted by atomic mass is 16.5. The van der Waals surface area contributed by atoms with Crippen molar-refractivity contribution in [1.29, 1.82) is 0 Å². The number of aliphatic hydroxyl groups excluding tert-OH is 1. The van der Waals surface area contributed by atoms with E-state index in [1.54, 1.807) is 7.11 Å². The molecule has 0 radical (unpaired) electrons. The average molecular weight is 398 g/mol. The van der Waals surface area contributed by atoms with Crippen LogP contribution in [0, 0.1) is 13.8 Å². The van der Waals surface area contributed by atoms with Crippen molar-refractivity contribution < 1.29 is 14.6 Å². The zero-order valence-electron chi connectivity index (χ0n) is 17.8. The number of fused-ring (bicyclic) bond motifs is 1. The van der Waals surface area contributed by atoms with Gasteiger partial charge in [0, 0.05) is 18.2 Å². The van der Waals surface area contributed by atoms with Crippen molar-refractivity contribution in [3.63, 3.8) is 0 Å². The lowest BCUT2D eigenvalue weighted by Crippen LogP contribution is -2.35. The van der Waals surface area contributed by atoms with E-state index >= 15 is 0 Å². The lowest BCUT2D eigenvalue weighted by atomic mass is 9.88. The van der Waals surface area contributed by atoms with Crippen LogP contribution in [0.15, 0.2) is 18.2 Å². The third-order valence-electron chi connectivity index (χ3n) is 6.68. The maximum absolute atomic E-state index is 13.3. The summed E-state index contributed by atoms with van der Waals surface area (Å²) in [7, 11) is 1.65. The maximum Gasteiger partial charge on any atom is 0.244 e. The average Bonchev–Trinajstić information content (AvgIpc) is 3.24. The van der Waals surface area contributed by atoms with Gasteiger partial charge in [0.2, 0.25) is 5.91 Å². The SMILES string of the molecule is COc1cccc([C@@H]2C[C@H](O)CN2C(=O)Cn2nc3c(c2C)CCC[C@@H]3C)c1C. The van der Waals surface area contributed by atoms with Gasteiger partial charge in [-0.1, -0.05) is 19.1 Å². The molecule has 2 aromatic rings. The monoisotopic (exact) mass is 397 g/mol. The number of likely N-dealkylation sites (tertiary alicyclic amines) is 1. The molecule has 0 spiro atoms. The van der Waals surface area contributed by atoms with Gasteiger partial charge >= 0.3 is 0 Å². The second-order valence-electron chi connectivity index (χ2n) is 8.53. The van der Waals surface area contributed by atoms with E-state index in [0.717, 1.165) is 41.1 Å². The highest BCUT2D eigenvalue weighted by Crippen LogP contribution is 2.37. The first kappa shape index (κ1) is 20.0. The molecule has 4 rings (SSSR count). The number of aliphatic hydroxyl groups is 1. The zero-order valence-corrected chi connectivity index (χ0v) is 17.8. The van der Waals surface area contributed by atoms with E-state index in [1.165, 1.54) is 12.0 Å². The molecule has 1 N–H and O–H groups in total. The fraction of sp³-hybridized carbons (Fsp3) is 0.565. The van der Waals surface area contributed by atoms with E-state index in [1.807, 2.05) is 34.7 Å². The molecular weight excluding hydrogens is 366 g/mol. The number of carbonyl (C=O) groups is 1. The Morgan fingerprint density at radius 2 is 2.14 bits per heavy atom. The Labute approximate surface area is 172 Å². The molecule has 2 heterocycles. The largest absolute Gasteiger partial charge is 0.496 e. The summed E-state index contributed by atoms with van der Waals surface area (Å²) in [6, 6.07) is 5.76.